The van der Waals surface area contributed by atoms with Crippen LogP contribution < -0.4 is 10.1 Å². The Kier molecular flexibility index (Phi) is 4.49. The van der Waals surface area contributed by atoms with E-state index >= 15 is 0 Å². The molecule has 23 heavy (non-hydrogen) atoms. The van der Waals surface area contributed by atoms with E-state index in [1.54, 1.807) is 19.4 Å². The highest BCUT2D eigenvalue weighted by Crippen LogP contribution is 2.31. The van der Waals surface area contributed by atoms with Crippen molar-refractivity contribution in [2.24, 2.45) is 0 Å². The number of thiazole rings is 1. The van der Waals surface area contributed by atoms with Crippen LogP contribution in [0.4, 0.5) is 5.13 Å². The molecular weight excluding hydrogens is 378 g/mol. The summed E-state index contributed by atoms with van der Waals surface area (Å²) in [6.45, 7) is 1.98. The van der Waals surface area contributed by atoms with Crippen molar-refractivity contribution in [2.75, 3.05) is 12.4 Å². The summed E-state index contributed by atoms with van der Waals surface area (Å²) in [5.74, 6) is 0.582. The van der Waals surface area contributed by atoms with Crippen molar-refractivity contribution >= 4 is 38.3 Å². The molecule has 0 atom stereocenters. The van der Waals surface area contributed by atoms with Gasteiger partial charge in [0, 0.05) is 21.1 Å². The lowest BCUT2D eigenvalue weighted by Crippen LogP contribution is -2.11. The lowest BCUT2D eigenvalue weighted by Gasteiger charge is -2.02. The average molecular weight is 392 g/mol. The van der Waals surface area contributed by atoms with E-state index in [2.05, 4.69) is 31.2 Å². The van der Waals surface area contributed by atoms with Gasteiger partial charge in [0.15, 0.2) is 5.13 Å². The number of aryl methyl sites for hydroxylation is 1. The SMILES string of the molecule is COc1ccc(-c2nc(NC(=O)c3cc(Br)c[nH]3)sc2C)cc1. The number of hydrogen-bond donors (Lipinski definition) is 2. The number of H-pyrrole nitrogens is 1. The Labute approximate surface area is 145 Å². The molecule has 2 heterocycles. The van der Waals surface area contributed by atoms with Crippen LogP contribution in [0.3, 0.4) is 0 Å². The highest BCUT2D eigenvalue weighted by molar-refractivity contribution is 9.10. The first kappa shape index (κ1) is 15.8. The molecule has 0 unspecified atom stereocenters. The zero-order chi connectivity index (χ0) is 16.4. The van der Waals surface area contributed by atoms with Gasteiger partial charge in [-0.05, 0) is 53.2 Å². The molecule has 3 aromatic rings. The monoisotopic (exact) mass is 391 g/mol. The van der Waals surface area contributed by atoms with Gasteiger partial charge in [0.25, 0.3) is 5.91 Å². The van der Waals surface area contributed by atoms with Crippen LogP contribution >= 0.6 is 27.3 Å². The molecule has 0 aliphatic heterocycles. The second kappa shape index (κ2) is 6.55. The summed E-state index contributed by atoms with van der Waals surface area (Å²) in [6.07, 6.45) is 1.71. The van der Waals surface area contributed by atoms with Crippen molar-refractivity contribution in [3.63, 3.8) is 0 Å². The summed E-state index contributed by atoms with van der Waals surface area (Å²) >= 11 is 4.76. The van der Waals surface area contributed by atoms with E-state index in [0.717, 1.165) is 26.4 Å². The van der Waals surface area contributed by atoms with Gasteiger partial charge in [0.2, 0.25) is 0 Å². The number of ether oxygens (including phenoxy) is 1. The van der Waals surface area contributed by atoms with Crippen molar-refractivity contribution in [1.29, 1.82) is 0 Å². The Balaban J connectivity index is 1.81. The minimum atomic E-state index is -0.217. The number of halogens is 1. The van der Waals surface area contributed by atoms with E-state index < -0.39 is 0 Å². The van der Waals surface area contributed by atoms with E-state index in [1.165, 1.54) is 11.3 Å². The molecular formula is C16H14BrN3O2S. The van der Waals surface area contributed by atoms with Gasteiger partial charge >= 0.3 is 0 Å². The molecule has 1 aromatic carbocycles. The largest absolute Gasteiger partial charge is 0.497 e. The number of methoxy groups -OCH3 is 1. The lowest BCUT2D eigenvalue weighted by molar-refractivity contribution is 0.102. The molecule has 0 aliphatic carbocycles. The molecule has 3 rings (SSSR count). The molecule has 0 spiro atoms. The van der Waals surface area contributed by atoms with Gasteiger partial charge in [-0.1, -0.05) is 0 Å². The molecule has 0 saturated carbocycles. The fraction of sp³-hybridized carbons (Fsp3) is 0.125. The quantitative estimate of drug-likeness (QED) is 0.689. The number of hydrogen-bond acceptors (Lipinski definition) is 4. The third-order valence-corrected chi connectivity index (χ3v) is 4.62. The second-order valence-corrected chi connectivity index (χ2v) is 6.96. The number of nitrogens with one attached hydrogen (secondary N) is 2. The van der Waals surface area contributed by atoms with Crippen molar-refractivity contribution in [1.82, 2.24) is 9.97 Å². The molecule has 0 saturated heterocycles. The first-order valence-corrected chi connectivity index (χ1v) is 8.45. The first-order valence-electron chi connectivity index (χ1n) is 6.84. The van der Waals surface area contributed by atoms with E-state index in [4.69, 9.17) is 4.74 Å². The number of anilines is 1. The number of carbonyl (C=O) groups excluding carboxylic acids is 1. The van der Waals surface area contributed by atoms with Gasteiger partial charge < -0.3 is 9.72 Å². The van der Waals surface area contributed by atoms with Crippen LogP contribution in [-0.4, -0.2) is 23.0 Å². The van der Waals surface area contributed by atoms with E-state index in [-0.39, 0.29) is 5.91 Å². The van der Waals surface area contributed by atoms with Crippen molar-refractivity contribution in [3.8, 4) is 17.0 Å². The normalized spacial score (nSPS) is 10.6. The van der Waals surface area contributed by atoms with Gasteiger partial charge in [-0.25, -0.2) is 4.98 Å². The summed E-state index contributed by atoms with van der Waals surface area (Å²) in [4.78, 5) is 20.6. The number of benzene rings is 1. The Morgan fingerprint density at radius 2 is 2.09 bits per heavy atom. The molecule has 2 N–H and O–H groups in total. The Morgan fingerprint density at radius 1 is 1.35 bits per heavy atom. The Hall–Kier alpha value is -2.12. The van der Waals surface area contributed by atoms with E-state index in [1.807, 2.05) is 31.2 Å². The van der Waals surface area contributed by atoms with Crippen LogP contribution in [0.25, 0.3) is 11.3 Å². The molecule has 0 aliphatic rings. The van der Waals surface area contributed by atoms with Crippen LogP contribution in [0.2, 0.25) is 0 Å². The van der Waals surface area contributed by atoms with Crippen LogP contribution in [0.1, 0.15) is 15.4 Å². The summed E-state index contributed by atoms with van der Waals surface area (Å²) in [5.41, 5.74) is 2.33. The molecule has 0 bridgehead atoms. The zero-order valence-corrected chi connectivity index (χ0v) is 14.9. The minimum Gasteiger partial charge on any atom is -0.497 e. The zero-order valence-electron chi connectivity index (χ0n) is 12.5. The molecule has 118 valence electrons. The Bertz CT molecular complexity index is 839. The Morgan fingerprint density at radius 3 is 2.70 bits per heavy atom. The van der Waals surface area contributed by atoms with Crippen LogP contribution in [0.15, 0.2) is 41.0 Å². The van der Waals surface area contributed by atoms with Gasteiger partial charge in [-0.3, -0.25) is 10.1 Å². The van der Waals surface area contributed by atoms with Crippen LogP contribution in [0.5, 0.6) is 5.75 Å². The molecule has 0 fully saturated rings. The number of aromatic nitrogens is 2. The number of rotatable bonds is 4. The van der Waals surface area contributed by atoms with Crippen LogP contribution in [0, 0.1) is 6.92 Å². The number of aromatic amines is 1. The fourth-order valence-electron chi connectivity index (χ4n) is 2.13. The van der Waals surface area contributed by atoms with Crippen molar-refractivity contribution < 1.29 is 9.53 Å². The molecule has 1 amide bonds. The lowest BCUT2D eigenvalue weighted by atomic mass is 10.1. The van der Waals surface area contributed by atoms with Gasteiger partial charge in [-0.15, -0.1) is 11.3 Å². The highest BCUT2D eigenvalue weighted by Gasteiger charge is 2.14. The molecule has 0 radical (unpaired) electrons. The predicted molar refractivity (Wildman–Crippen MR) is 95.3 cm³/mol. The van der Waals surface area contributed by atoms with E-state index in [9.17, 15) is 4.79 Å². The summed E-state index contributed by atoms with van der Waals surface area (Å²) in [7, 11) is 1.63. The third kappa shape index (κ3) is 3.46. The summed E-state index contributed by atoms with van der Waals surface area (Å²) in [6, 6.07) is 9.41. The average Bonchev–Trinajstić information content (AvgIpc) is 3.13. The van der Waals surface area contributed by atoms with Crippen molar-refractivity contribution in [3.05, 3.63) is 51.6 Å². The number of amides is 1. The second-order valence-electron chi connectivity index (χ2n) is 4.84. The highest BCUT2D eigenvalue weighted by atomic mass is 79.9. The smallest absolute Gasteiger partial charge is 0.273 e. The molecule has 7 heteroatoms. The van der Waals surface area contributed by atoms with Gasteiger partial charge in [-0.2, -0.15) is 0 Å². The number of carbonyl (C=O) groups is 1. The van der Waals surface area contributed by atoms with Gasteiger partial charge in [0.1, 0.15) is 11.4 Å². The predicted octanol–water partition coefficient (Wildman–Crippen LogP) is 4.47. The van der Waals surface area contributed by atoms with Crippen molar-refractivity contribution in [2.45, 2.75) is 6.92 Å². The van der Waals surface area contributed by atoms with Crippen LogP contribution in [-0.2, 0) is 0 Å². The topological polar surface area (TPSA) is 67.0 Å². The summed E-state index contributed by atoms with van der Waals surface area (Å²) < 4.78 is 5.99. The number of nitrogens with zero attached hydrogens (tertiary/aromatic N) is 1. The maximum Gasteiger partial charge on any atom is 0.273 e. The minimum absolute atomic E-state index is 0.217. The fourth-order valence-corrected chi connectivity index (χ4v) is 3.30. The molecule has 5 nitrogen and oxygen atoms in total. The first-order chi connectivity index (χ1) is 11.1. The summed E-state index contributed by atoms with van der Waals surface area (Å²) in [5, 5.41) is 3.39. The maximum atomic E-state index is 12.2. The third-order valence-electron chi connectivity index (χ3n) is 3.27. The van der Waals surface area contributed by atoms with Gasteiger partial charge in [0.05, 0.1) is 12.8 Å². The van der Waals surface area contributed by atoms with E-state index in [0.29, 0.717) is 10.8 Å². The maximum absolute atomic E-state index is 12.2. The standard InChI is InChI=1S/C16H14BrN3O2S/c1-9-14(10-3-5-12(22-2)6-4-10)19-16(23-9)20-15(21)13-7-11(17)8-18-13/h3-8,18H,1-2H3,(H,19,20,21). The molecule has 2 aromatic heterocycles.